The minimum atomic E-state index is -0.725. The number of carboxylic acids is 1. The Morgan fingerprint density at radius 3 is 2.42 bits per heavy atom. The molecule has 0 radical (unpaired) electrons. The average Bonchev–Trinajstić information content (AvgIpc) is 2.63. The Balaban J connectivity index is 1.64. The summed E-state index contributed by atoms with van der Waals surface area (Å²) in [6.07, 6.45) is 2.71. The maximum atomic E-state index is 12.7. The van der Waals surface area contributed by atoms with Gasteiger partial charge in [0.1, 0.15) is 0 Å². The molecule has 130 valence electrons. The summed E-state index contributed by atoms with van der Waals surface area (Å²) in [5.41, 5.74) is 1.62. The summed E-state index contributed by atoms with van der Waals surface area (Å²) in [6, 6.07) is 7.70. The maximum absolute atomic E-state index is 12.7. The van der Waals surface area contributed by atoms with Crippen molar-refractivity contribution >= 4 is 17.6 Å². The van der Waals surface area contributed by atoms with Crippen LogP contribution in [0.25, 0.3) is 0 Å². The Labute approximate surface area is 141 Å². The highest BCUT2D eigenvalue weighted by molar-refractivity contribution is 6.00. The van der Waals surface area contributed by atoms with E-state index in [0.717, 1.165) is 31.6 Å². The lowest BCUT2D eigenvalue weighted by molar-refractivity contribution is -0.142. The summed E-state index contributed by atoms with van der Waals surface area (Å²) < 4.78 is 5.38. The number of hydrogen-bond donors (Lipinski definition) is 2. The zero-order valence-electron chi connectivity index (χ0n) is 13.7. The average molecular weight is 332 g/mol. The second kappa shape index (κ2) is 7.66. The van der Waals surface area contributed by atoms with Gasteiger partial charge >= 0.3 is 5.97 Å². The summed E-state index contributed by atoms with van der Waals surface area (Å²) in [5, 5.41) is 12.1. The molecule has 1 aromatic carbocycles. The van der Waals surface area contributed by atoms with Crippen LogP contribution in [0.5, 0.6) is 0 Å². The molecular formula is C18H24N2O4. The molecule has 1 saturated carbocycles. The van der Waals surface area contributed by atoms with Crippen molar-refractivity contribution in [2.45, 2.75) is 31.7 Å². The van der Waals surface area contributed by atoms with Crippen molar-refractivity contribution in [3.8, 4) is 0 Å². The fourth-order valence-electron chi connectivity index (χ4n) is 3.49. The molecule has 2 aliphatic rings. The van der Waals surface area contributed by atoms with Crippen molar-refractivity contribution in [2.75, 3.05) is 31.2 Å². The molecule has 3 rings (SSSR count). The molecule has 0 spiro atoms. The molecular weight excluding hydrogens is 308 g/mol. The molecule has 6 nitrogen and oxygen atoms in total. The minimum absolute atomic E-state index is 0.0610. The lowest BCUT2D eigenvalue weighted by atomic mass is 9.86. The van der Waals surface area contributed by atoms with Crippen LogP contribution in [-0.2, 0) is 9.53 Å². The first-order valence-electron chi connectivity index (χ1n) is 8.60. The number of anilines is 1. The van der Waals surface area contributed by atoms with Crippen molar-refractivity contribution in [3.05, 3.63) is 29.8 Å². The van der Waals surface area contributed by atoms with Gasteiger partial charge in [-0.1, -0.05) is 12.1 Å². The van der Waals surface area contributed by atoms with Crippen molar-refractivity contribution in [3.63, 3.8) is 0 Å². The van der Waals surface area contributed by atoms with Crippen LogP contribution in [0.3, 0.4) is 0 Å². The predicted octanol–water partition coefficient (Wildman–Crippen LogP) is 1.90. The number of carbonyl (C=O) groups is 2. The molecule has 1 amide bonds. The van der Waals surface area contributed by atoms with Crippen LogP contribution in [-0.4, -0.2) is 49.3 Å². The first kappa shape index (κ1) is 16.8. The topological polar surface area (TPSA) is 78.9 Å². The third-order valence-electron chi connectivity index (χ3n) is 4.91. The second-order valence-corrected chi connectivity index (χ2v) is 6.48. The van der Waals surface area contributed by atoms with Crippen LogP contribution in [0.2, 0.25) is 0 Å². The Hall–Kier alpha value is -2.08. The SMILES string of the molecule is O=C(NC1CCC(C(=O)O)CC1)c1ccccc1N1CCOCC1. The number of carbonyl (C=O) groups excluding carboxylic acids is 1. The van der Waals surface area contributed by atoms with Gasteiger partial charge in [0.2, 0.25) is 0 Å². The van der Waals surface area contributed by atoms with E-state index in [1.54, 1.807) is 0 Å². The molecule has 6 heteroatoms. The van der Waals surface area contributed by atoms with Gasteiger partial charge in [0, 0.05) is 24.8 Å². The number of nitrogens with zero attached hydrogens (tertiary/aromatic N) is 1. The standard InChI is InChI=1S/C18H24N2O4/c21-17(19-14-7-5-13(6-8-14)18(22)23)15-3-1-2-4-16(15)20-9-11-24-12-10-20/h1-4,13-14H,5-12H2,(H,19,21)(H,22,23). The van der Waals surface area contributed by atoms with Gasteiger partial charge < -0.3 is 20.1 Å². The molecule has 2 N–H and O–H groups in total. The van der Waals surface area contributed by atoms with Crippen molar-refractivity contribution in [1.29, 1.82) is 0 Å². The third kappa shape index (κ3) is 3.87. The normalized spacial score (nSPS) is 24.4. The minimum Gasteiger partial charge on any atom is -0.481 e. The molecule has 0 bridgehead atoms. The van der Waals surface area contributed by atoms with Gasteiger partial charge in [-0.3, -0.25) is 9.59 Å². The van der Waals surface area contributed by atoms with Crippen LogP contribution >= 0.6 is 0 Å². The monoisotopic (exact) mass is 332 g/mol. The number of amides is 1. The number of carboxylic acid groups (broad SMARTS) is 1. The third-order valence-corrected chi connectivity index (χ3v) is 4.91. The summed E-state index contributed by atoms with van der Waals surface area (Å²) >= 11 is 0. The van der Waals surface area contributed by atoms with E-state index in [0.29, 0.717) is 31.6 Å². The summed E-state index contributed by atoms with van der Waals surface area (Å²) in [5.74, 6) is -1.06. The molecule has 1 saturated heterocycles. The molecule has 1 heterocycles. The van der Waals surface area contributed by atoms with Gasteiger partial charge in [-0.15, -0.1) is 0 Å². The van der Waals surface area contributed by atoms with Crippen LogP contribution in [0.15, 0.2) is 24.3 Å². The summed E-state index contributed by atoms with van der Waals surface area (Å²) in [7, 11) is 0. The summed E-state index contributed by atoms with van der Waals surface area (Å²) in [4.78, 5) is 25.9. The van der Waals surface area contributed by atoms with E-state index in [-0.39, 0.29) is 17.9 Å². The Morgan fingerprint density at radius 1 is 1.08 bits per heavy atom. The van der Waals surface area contributed by atoms with E-state index >= 15 is 0 Å². The number of nitrogens with one attached hydrogen (secondary N) is 1. The first-order chi connectivity index (χ1) is 11.6. The number of aliphatic carboxylic acids is 1. The molecule has 0 aromatic heterocycles. The molecule has 24 heavy (non-hydrogen) atoms. The van der Waals surface area contributed by atoms with Gasteiger partial charge in [-0.05, 0) is 37.8 Å². The Bertz CT molecular complexity index is 590. The van der Waals surface area contributed by atoms with E-state index in [9.17, 15) is 9.59 Å². The highest BCUT2D eigenvalue weighted by atomic mass is 16.5. The van der Waals surface area contributed by atoms with Crippen LogP contribution in [0.4, 0.5) is 5.69 Å². The number of hydrogen-bond acceptors (Lipinski definition) is 4. The second-order valence-electron chi connectivity index (χ2n) is 6.48. The van der Waals surface area contributed by atoms with Crippen LogP contribution in [0.1, 0.15) is 36.0 Å². The fraction of sp³-hybridized carbons (Fsp3) is 0.556. The molecule has 1 aliphatic heterocycles. The largest absolute Gasteiger partial charge is 0.481 e. The summed E-state index contributed by atoms with van der Waals surface area (Å²) in [6.45, 7) is 2.92. The molecule has 0 atom stereocenters. The molecule has 0 unspecified atom stereocenters. The Morgan fingerprint density at radius 2 is 1.75 bits per heavy atom. The van der Waals surface area contributed by atoms with Crippen LogP contribution in [0, 0.1) is 5.92 Å². The van der Waals surface area contributed by atoms with Crippen molar-refractivity contribution in [1.82, 2.24) is 5.32 Å². The molecule has 2 fully saturated rings. The zero-order valence-corrected chi connectivity index (χ0v) is 13.7. The predicted molar refractivity (Wildman–Crippen MR) is 90.3 cm³/mol. The van der Waals surface area contributed by atoms with E-state index in [1.807, 2.05) is 24.3 Å². The highest BCUT2D eigenvalue weighted by Crippen LogP contribution is 2.26. The lowest BCUT2D eigenvalue weighted by Crippen LogP contribution is -2.41. The smallest absolute Gasteiger partial charge is 0.306 e. The molecule has 1 aromatic rings. The molecule has 1 aliphatic carbocycles. The number of ether oxygens (including phenoxy) is 1. The van der Waals surface area contributed by atoms with Gasteiger partial charge in [0.05, 0.1) is 24.7 Å². The quantitative estimate of drug-likeness (QED) is 0.880. The van der Waals surface area contributed by atoms with Gasteiger partial charge in [0.15, 0.2) is 0 Å². The van der Waals surface area contributed by atoms with E-state index in [2.05, 4.69) is 10.2 Å². The number of benzene rings is 1. The van der Waals surface area contributed by atoms with Crippen molar-refractivity contribution in [2.24, 2.45) is 5.92 Å². The first-order valence-corrected chi connectivity index (χ1v) is 8.60. The zero-order chi connectivity index (χ0) is 16.9. The number of morpholine rings is 1. The fourth-order valence-corrected chi connectivity index (χ4v) is 3.49. The number of rotatable bonds is 4. The van der Waals surface area contributed by atoms with Crippen LogP contribution < -0.4 is 10.2 Å². The van der Waals surface area contributed by atoms with E-state index in [4.69, 9.17) is 9.84 Å². The number of para-hydroxylation sites is 1. The van der Waals surface area contributed by atoms with Gasteiger partial charge in [0.25, 0.3) is 5.91 Å². The van der Waals surface area contributed by atoms with E-state index < -0.39 is 5.97 Å². The lowest BCUT2D eigenvalue weighted by Gasteiger charge is -2.31. The maximum Gasteiger partial charge on any atom is 0.306 e. The highest BCUT2D eigenvalue weighted by Gasteiger charge is 2.27. The van der Waals surface area contributed by atoms with E-state index in [1.165, 1.54) is 0 Å². The van der Waals surface area contributed by atoms with Gasteiger partial charge in [-0.2, -0.15) is 0 Å². The van der Waals surface area contributed by atoms with Gasteiger partial charge in [-0.25, -0.2) is 0 Å². The van der Waals surface area contributed by atoms with Crippen molar-refractivity contribution < 1.29 is 19.4 Å². The Kier molecular flexibility index (Phi) is 5.35.